The van der Waals surface area contributed by atoms with Crippen molar-refractivity contribution in [1.82, 2.24) is 10.1 Å². The zero-order valence-electron chi connectivity index (χ0n) is 12.0. The fourth-order valence-corrected chi connectivity index (χ4v) is 2.44. The summed E-state index contributed by atoms with van der Waals surface area (Å²) in [5, 5.41) is 13.5. The highest BCUT2D eigenvalue weighted by atomic mass is 16.5. The second-order valence-electron chi connectivity index (χ2n) is 5.24. The van der Waals surface area contributed by atoms with Crippen LogP contribution in [0.1, 0.15) is 22.5 Å². The van der Waals surface area contributed by atoms with Gasteiger partial charge in [0, 0.05) is 12.0 Å². The maximum atomic E-state index is 9.49. The molecule has 4 heteroatoms. The standard InChI is InChI=1S/C17H16N2O2/c1-11-6-12(2)8-13(7-11)9-16-18-17(21-19-16)14-4-3-5-15(20)10-14/h3-8,10,20H,9H2,1-2H3. The number of aromatic nitrogens is 2. The molecule has 0 fully saturated rings. The Bertz CT molecular complexity index is 758. The van der Waals surface area contributed by atoms with Crippen molar-refractivity contribution in [3.8, 4) is 17.2 Å². The molecule has 0 spiro atoms. The summed E-state index contributed by atoms with van der Waals surface area (Å²) in [7, 11) is 0. The van der Waals surface area contributed by atoms with Gasteiger partial charge in [-0.15, -0.1) is 0 Å². The van der Waals surface area contributed by atoms with Crippen LogP contribution < -0.4 is 0 Å². The monoisotopic (exact) mass is 280 g/mol. The van der Waals surface area contributed by atoms with Gasteiger partial charge in [-0.3, -0.25) is 0 Å². The first-order valence-electron chi connectivity index (χ1n) is 6.79. The van der Waals surface area contributed by atoms with E-state index in [1.807, 2.05) is 6.07 Å². The van der Waals surface area contributed by atoms with Crippen LogP contribution in [-0.2, 0) is 6.42 Å². The second-order valence-corrected chi connectivity index (χ2v) is 5.24. The molecule has 0 aliphatic heterocycles. The number of phenolic OH excluding ortho intramolecular Hbond substituents is 1. The largest absolute Gasteiger partial charge is 0.508 e. The number of benzene rings is 2. The molecule has 0 radical (unpaired) electrons. The van der Waals surface area contributed by atoms with Gasteiger partial charge in [0.2, 0.25) is 0 Å². The van der Waals surface area contributed by atoms with Gasteiger partial charge < -0.3 is 9.63 Å². The van der Waals surface area contributed by atoms with E-state index in [-0.39, 0.29) is 5.75 Å². The molecule has 0 amide bonds. The van der Waals surface area contributed by atoms with E-state index >= 15 is 0 Å². The van der Waals surface area contributed by atoms with E-state index < -0.39 is 0 Å². The predicted octanol–water partition coefficient (Wildman–Crippen LogP) is 3.65. The minimum atomic E-state index is 0.182. The van der Waals surface area contributed by atoms with Crippen molar-refractivity contribution in [2.75, 3.05) is 0 Å². The first-order chi connectivity index (χ1) is 10.1. The lowest BCUT2D eigenvalue weighted by Gasteiger charge is -2.01. The summed E-state index contributed by atoms with van der Waals surface area (Å²) in [5.74, 6) is 1.24. The number of hydrogen-bond acceptors (Lipinski definition) is 4. The molecule has 0 bridgehead atoms. The molecule has 0 aliphatic carbocycles. The lowest BCUT2D eigenvalue weighted by molar-refractivity contribution is 0.423. The Labute approximate surface area is 123 Å². The van der Waals surface area contributed by atoms with Crippen LogP contribution in [0.5, 0.6) is 5.75 Å². The molecule has 0 aliphatic rings. The first kappa shape index (κ1) is 13.4. The minimum Gasteiger partial charge on any atom is -0.508 e. The number of aromatic hydroxyl groups is 1. The Kier molecular flexibility index (Phi) is 3.44. The zero-order chi connectivity index (χ0) is 14.8. The Balaban J connectivity index is 1.85. The van der Waals surface area contributed by atoms with Crippen LogP contribution in [0.2, 0.25) is 0 Å². The molecular weight excluding hydrogens is 264 g/mol. The molecule has 1 N–H and O–H groups in total. The Morgan fingerprint density at radius 1 is 1.05 bits per heavy atom. The molecule has 3 aromatic rings. The quantitative estimate of drug-likeness (QED) is 0.795. The van der Waals surface area contributed by atoms with Gasteiger partial charge in [-0.1, -0.05) is 40.5 Å². The van der Waals surface area contributed by atoms with E-state index in [0.717, 1.165) is 5.56 Å². The summed E-state index contributed by atoms with van der Waals surface area (Å²) >= 11 is 0. The SMILES string of the molecule is Cc1cc(C)cc(Cc2noc(-c3cccc(O)c3)n2)c1. The maximum absolute atomic E-state index is 9.49. The van der Waals surface area contributed by atoms with Crippen LogP contribution in [-0.4, -0.2) is 15.2 Å². The van der Waals surface area contributed by atoms with Gasteiger partial charge in [0.25, 0.3) is 5.89 Å². The van der Waals surface area contributed by atoms with E-state index in [0.29, 0.717) is 23.7 Å². The Morgan fingerprint density at radius 3 is 2.52 bits per heavy atom. The highest BCUT2D eigenvalue weighted by Crippen LogP contribution is 2.22. The topological polar surface area (TPSA) is 59.2 Å². The smallest absolute Gasteiger partial charge is 0.258 e. The third-order valence-electron chi connectivity index (χ3n) is 3.20. The lowest BCUT2D eigenvalue weighted by Crippen LogP contribution is -1.92. The number of hydrogen-bond donors (Lipinski definition) is 1. The average molecular weight is 280 g/mol. The summed E-state index contributed by atoms with van der Waals surface area (Å²) in [6.45, 7) is 4.15. The highest BCUT2D eigenvalue weighted by molar-refractivity contribution is 5.55. The lowest BCUT2D eigenvalue weighted by atomic mass is 10.1. The normalized spacial score (nSPS) is 10.8. The van der Waals surface area contributed by atoms with Crippen LogP contribution >= 0.6 is 0 Å². The Morgan fingerprint density at radius 2 is 1.81 bits per heavy atom. The maximum Gasteiger partial charge on any atom is 0.258 e. The van der Waals surface area contributed by atoms with Crippen LogP contribution in [0.4, 0.5) is 0 Å². The van der Waals surface area contributed by atoms with Gasteiger partial charge in [0.15, 0.2) is 5.82 Å². The van der Waals surface area contributed by atoms with Crippen molar-refractivity contribution in [2.45, 2.75) is 20.3 Å². The molecule has 0 unspecified atom stereocenters. The molecule has 0 saturated heterocycles. The molecule has 1 heterocycles. The molecule has 3 rings (SSSR count). The van der Waals surface area contributed by atoms with E-state index in [2.05, 4.69) is 42.2 Å². The van der Waals surface area contributed by atoms with E-state index in [1.54, 1.807) is 18.2 Å². The van der Waals surface area contributed by atoms with Crippen LogP contribution in [0.3, 0.4) is 0 Å². The molecule has 4 nitrogen and oxygen atoms in total. The number of rotatable bonds is 3. The summed E-state index contributed by atoms with van der Waals surface area (Å²) < 4.78 is 5.27. The van der Waals surface area contributed by atoms with Gasteiger partial charge in [0.05, 0.1) is 0 Å². The molecule has 2 aromatic carbocycles. The number of aryl methyl sites for hydroxylation is 2. The number of phenols is 1. The summed E-state index contributed by atoms with van der Waals surface area (Å²) in [4.78, 5) is 4.39. The first-order valence-corrected chi connectivity index (χ1v) is 6.79. The molecule has 0 saturated carbocycles. The second kappa shape index (κ2) is 5.40. The molecule has 21 heavy (non-hydrogen) atoms. The molecular formula is C17H16N2O2. The van der Waals surface area contributed by atoms with E-state index in [9.17, 15) is 5.11 Å². The predicted molar refractivity (Wildman–Crippen MR) is 80.1 cm³/mol. The summed E-state index contributed by atoms with van der Waals surface area (Å²) in [6.07, 6.45) is 0.630. The number of nitrogens with zero attached hydrogens (tertiary/aromatic N) is 2. The minimum absolute atomic E-state index is 0.182. The average Bonchev–Trinajstić information content (AvgIpc) is 2.86. The van der Waals surface area contributed by atoms with Crippen molar-refractivity contribution in [2.24, 2.45) is 0 Å². The third kappa shape index (κ3) is 3.11. The van der Waals surface area contributed by atoms with E-state index in [1.165, 1.54) is 11.1 Å². The zero-order valence-corrected chi connectivity index (χ0v) is 12.0. The summed E-state index contributed by atoms with van der Waals surface area (Å²) in [5.41, 5.74) is 4.33. The fourth-order valence-electron chi connectivity index (χ4n) is 2.44. The third-order valence-corrected chi connectivity index (χ3v) is 3.20. The van der Waals surface area contributed by atoms with Crippen LogP contribution in [0, 0.1) is 13.8 Å². The van der Waals surface area contributed by atoms with Gasteiger partial charge in [-0.05, 0) is 37.6 Å². The Hall–Kier alpha value is -2.62. The molecule has 0 atom stereocenters. The van der Waals surface area contributed by atoms with Crippen molar-refractivity contribution in [3.63, 3.8) is 0 Å². The highest BCUT2D eigenvalue weighted by Gasteiger charge is 2.10. The van der Waals surface area contributed by atoms with Gasteiger partial charge in [-0.2, -0.15) is 4.98 Å². The van der Waals surface area contributed by atoms with Crippen molar-refractivity contribution in [3.05, 3.63) is 65.0 Å². The van der Waals surface area contributed by atoms with Gasteiger partial charge in [-0.25, -0.2) is 0 Å². The van der Waals surface area contributed by atoms with Gasteiger partial charge in [0.1, 0.15) is 5.75 Å². The molecule has 106 valence electrons. The fraction of sp³-hybridized carbons (Fsp3) is 0.176. The molecule has 1 aromatic heterocycles. The summed E-state index contributed by atoms with van der Waals surface area (Å²) in [6, 6.07) is 13.2. The van der Waals surface area contributed by atoms with Crippen molar-refractivity contribution >= 4 is 0 Å². The van der Waals surface area contributed by atoms with Crippen molar-refractivity contribution in [1.29, 1.82) is 0 Å². The van der Waals surface area contributed by atoms with E-state index in [4.69, 9.17) is 4.52 Å². The van der Waals surface area contributed by atoms with Gasteiger partial charge >= 0.3 is 0 Å². The van der Waals surface area contributed by atoms with Crippen LogP contribution in [0.25, 0.3) is 11.5 Å². The van der Waals surface area contributed by atoms with Crippen molar-refractivity contribution < 1.29 is 9.63 Å². The van der Waals surface area contributed by atoms with Crippen LogP contribution in [0.15, 0.2) is 47.0 Å².